The van der Waals surface area contributed by atoms with Crippen LogP contribution in [-0.2, 0) is 4.74 Å². The minimum absolute atomic E-state index is 0.0288. The van der Waals surface area contributed by atoms with Crippen molar-refractivity contribution in [1.82, 2.24) is 0 Å². The van der Waals surface area contributed by atoms with Gasteiger partial charge in [-0.1, -0.05) is 22.5 Å². The molecule has 0 N–H and O–H groups in total. The molecule has 4 nitrogen and oxygen atoms in total. The fraction of sp³-hybridized carbons (Fsp3) is 0.143. The van der Waals surface area contributed by atoms with E-state index in [-0.39, 0.29) is 4.48 Å². The van der Waals surface area contributed by atoms with Gasteiger partial charge in [0.2, 0.25) is 0 Å². The predicted octanol–water partition coefficient (Wildman–Crippen LogP) is 3.11. The highest BCUT2D eigenvalue weighted by molar-refractivity contribution is 9.11. The molecule has 0 aromatic carbocycles. The molecule has 0 aliphatic carbocycles. The molecule has 0 bridgehead atoms. The van der Waals surface area contributed by atoms with Gasteiger partial charge in [0.25, 0.3) is 0 Å². The summed E-state index contributed by atoms with van der Waals surface area (Å²) in [5, 5.41) is 10.3. The molecule has 0 aliphatic rings. The van der Waals surface area contributed by atoms with Crippen molar-refractivity contribution in [2.75, 3.05) is 0 Å². The number of hydrogen-bond acceptors (Lipinski definition) is 3. The Labute approximate surface area is 91.0 Å². The second-order valence-electron chi connectivity index (χ2n) is 2.20. The Hall–Kier alpha value is -1.31. The van der Waals surface area contributed by atoms with Gasteiger partial charge in [0.1, 0.15) is 0 Å². The van der Waals surface area contributed by atoms with E-state index < -0.39 is 22.7 Å². The molecule has 0 radical (unpaired) electrons. The summed E-state index contributed by atoms with van der Waals surface area (Å²) >= 11 is 2.74. The van der Waals surface area contributed by atoms with Gasteiger partial charge in [0.05, 0.1) is 4.92 Å². The highest BCUT2D eigenvalue weighted by atomic mass is 79.9. The third-order valence-corrected chi connectivity index (χ3v) is 1.24. The van der Waals surface area contributed by atoms with Crippen molar-refractivity contribution in [3.8, 4) is 0 Å². The molecule has 8 heteroatoms. The quantitative estimate of drug-likeness (QED) is 0.345. The Morgan fingerprint density at radius 3 is 2.20 bits per heavy atom. The van der Waals surface area contributed by atoms with Crippen molar-refractivity contribution in [3.05, 3.63) is 45.3 Å². The van der Waals surface area contributed by atoms with E-state index in [0.717, 1.165) is 6.08 Å². The number of allylic oxidation sites excluding steroid dienone is 2. The van der Waals surface area contributed by atoms with Gasteiger partial charge in [-0.05, 0) is 6.58 Å². The van der Waals surface area contributed by atoms with Crippen molar-refractivity contribution in [2.45, 2.75) is 6.36 Å². The Balaban J connectivity index is 4.90. The van der Waals surface area contributed by atoms with E-state index in [1.807, 2.05) is 0 Å². The van der Waals surface area contributed by atoms with Crippen molar-refractivity contribution in [1.29, 1.82) is 0 Å². The van der Waals surface area contributed by atoms with E-state index in [9.17, 15) is 23.3 Å². The normalized spacial score (nSPS) is 12.1. The number of alkyl halides is 3. The third-order valence-electron chi connectivity index (χ3n) is 1.01. The van der Waals surface area contributed by atoms with Crippen LogP contribution < -0.4 is 0 Å². The summed E-state index contributed by atoms with van der Waals surface area (Å²) in [6, 6.07) is 0. The Morgan fingerprint density at radius 2 is 1.93 bits per heavy atom. The zero-order valence-corrected chi connectivity index (χ0v) is 8.76. The molecule has 0 atom stereocenters. The Kier molecular flexibility index (Phi) is 4.53. The minimum atomic E-state index is -5.01. The summed E-state index contributed by atoms with van der Waals surface area (Å²) in [6.07, 6.45) is -4.26. The number of nitrogens with zero attached hydrogens (tertiary/aromatic N) is 1. The van der Waals surface area contributed by atoms with Crippen molar-refractivity contribution >= 4 is 15.9 Å². The lowest BCUT2D eigenvalue weighted by molar-refractivity contribution is -0.430. The van der Waals surface area contributed by atoms with Gasteiger partial charge in [0, 0.05) is 10.6 Å². The van der Waals surface area contributed by atoms with Gasteiger partial charge in [-0.2, -0.15) is 0 Å². The molecule has 0 spiro atoms. The fourth-order valence-corrected chi connectivity index (χ4v) is 0.792. The van der Waals surface area contributed by atoms with Crippen LogP contribution in [0.3, 0.4) is 0 Å². The lowest BCUT2D eigenvalue weighted by Crippen LogP contribution is -2.16. The van der Waals surface area contributed by atoms with Crippen LogP contribution in [0.1, 0.15) is 0 Å². The summed E-state index contributed by atoms with van der Waals surface area (Å²) in [5.74, 6) is -1.10. The highest BCUT2D eigenvalue weighted by Gasteiger charge is 2.35. The number of ether oxygens (including phenoxy) is 1. The van der Waals surface area contributed by atoms with Gasteiger partial charge < -0.3 is 4.74 Å². The molecular formula is C7H5BrF3NO3. The summed E-state index contributed by atoms with van der Waals surface area (Å²) in [4.78, 5) is 9.27. The molecule has 0 aromatic rings. The van der Waals surface area contributed by atoms with E-state index in [4.69, 9.17) is 0 Å². The molecule has 84 valence electrons. The summed E-state index contributed by atoms with van der Waals surface area (Å²) in [5.41, 5.74) is -0.922. The molecular weight excluding hydrogens is 283 g/mol. The molecule has 0 amide bonds. The molecule has 0 saturated carbocycles. The summed E-state index contributed by atoms with van der Waals surface area (Å²) < 4.78 is 38.4. The monoisotopic (exact) mass is 287 g/mol. The van der Waals surface area contributed by atoms with Gasteiger partial charge >= 0.3 is 12.1 Å². The van der Waals surface area contributed by atoms with Crippen LogP contribution in [-0.4, -0.2) is 11.3 Å². The molecule has 0 aromatic heterocycles. The molecule has 0 rings (SSSR count). The maximum absolute atomic E-state index is 11.7. The number of nitro groups is 1. The van der Waals surface area contributed by atoms with Crippen LogP contribution in [0.5, 0.6) is 0 Å². The second kappa shape index (κ2) is 4.96. The molecule has 15 heavy (non-hydrogen) atoms. The van der Waals surface area contributed by atoms with Gasteiger partial charge in [-0.25, -0.2) is 0 Å². The molecule has 0 aliphatic heterocycles. The van der Waals surface area contributed by atoms with Crippen molar-refractivity contribution in [2.24, 2.45) is 0 Å². The average molecular weight is 288 g/mol. The van der Waals surface area contributed by atoms with Crippen LogP contribution in [0.2, 0.25) is 0 Å². The first-order chi connectivity index (χ1) is 6.63. The Bertz CT molecular complexity index is 335. The predicted molar refractivity (Wildman–Crippen MR) is 49.4 cm³/mol. The maximum Gasteiger partial charge on any atom is 0.573 e. The van der Waals surface area contributed by atoms with Crippen LogP contribution in [0.15, 0.2) is 35.2 Å². The van der Waals surface area contributed by atoms with Crippen molar-refractivity contribution < 1.29 is 22.8 Å². The maximum atomic E-state index is 11.7. The number of hydrogen-bond donors (Lipinski definition) is 0. The highest BCUT2D eigenvalue weighted by Crippen LogP contribution is 2.25. The smallest absolute Gasteiger partial charge is 0.399 e. The van der Waals surface area contributed by atoms with E-state index in [1.54, 1.807) is 0 Å². The second-order valence-corrected chi connectivity index (χ2v) is 3.22. The van der Waals surface area contributed by atoms with E-state index >= 15 is 0 Å². The van der Waals surface area contributed by atoms with Gasteiger partial charge in [-0.3, -0.25) is 10.1 Å². The third kappa shape index (κ3) is 5.89. The Morgan fingerprint density at radius 1 is 1.47 bits per heavy atom. The lowest BCUT2D eigenvalue weighted by Gasteiger charge is -2.08. The van der Waals surface area contributed by atoms with E-state index in [0.29, 0.717) is 0 Å². The SMILES string of the molecule is C=C(Br)/C=C(\C(=C)OC(F)(F)F)[N+](=O)[O-]. The number of halogens is 4. The molecule has 0 unspecified atom stereocenters. The molecule has 0 fully saturated rings. The van der Waals surface area contributed by atoms with Crippen LogP contribution in [0.4, 0.5) is 13.2 Å². The van der Waals surface area contributed by atoms with Gasteiger partial charge in [-0.15, -0.1) is 13.2 Å². The lowest BCUT2D eigenvalue weighted by atomic mass is 10.3. The van der Waals surface area contributed by atoms with Crippen LogP contribution in [0.25, 0.3) is 0 Å². The first-order valence-corrected chi connectivity index (χ1v) is 4.08. The van der Waals surface area contributed by atoms with Gasteiger partial charge in [0.15, 0.2) is 5.76 Å². The first-order valence-electron chi connectivity index (χ1n) is 3.29. The summed E-state index contributed by atoms with van der Waals surface area (Å²) in [6.45, 7) is 6.01. The van der Waals surface area contributed by atoms with E-state index in [1.165, 1.54) is 0 Å². The average Bonchev–Trinajstić information content (AvgIpc) is 1.95. The van der Waals surface area contributed by atoms with E-state index in [2.05, 4.69) is 33.8 Å². The van der Waals surface area contributed by atoms with Crippen molar-refractivity contribution in [3.63, 3.8) is 0 Å². The first kappa shape index (κ1) is 13.7. The summed E-state index contributed by atoms with van der Waals surface area (Å²) in [7, 11) is 0. The minimum Gasteiger partial charge on any atom is -0.399 e. The van der Waals surface area contributed by atoms with Crippen LogP contribution >= 0.6 is 15.9 Å². The largest absolute Gasteiger partial charge is 0.573 e. The van der Waals surface area contributed by atoms with Crippen LogP contribution in [0, 0.1) is 10.1 Å². The zero-order valence-electron chi connectivity index (χ0n) is 7.18. The molecule has 0 heterocycles. The topological polar surface area (TPSA) is 52.4 Å². The fourth-order valence-electron chi connectivity index (χ4n) is 0.575. The standard InChI is InChI=1S/C7H5BrF3NO3/c1-4(8)3-6(12(13)14)5(2)15-7(9,10)11/h3H,1-2H2/b6-3+. The zero-order chi connectivity index (χ0) is 12.2. The number of rotatable bonds is 4. The molecule has 0 saturated heterocycles.